The van der Waals surface area contributed by atoms with Crippen molar-refractivity contribution in [3.63, 3.8) is 0 Å². The quantitative estimate of drug-likeness (QED) is 0.0667. The molecule has 0 unspecified atom stereocenters. The van der Waals surface area contributed by atoms with Crippen molar-refractivity contribution in [2.75, 3.05) is 7.11 Å². The normalized spacial score (nSPS) is 11.7. The van der Waals surface area contributed by atoms with Crippen molar-refractivity contribution in [2.45, 2.75) is 70.1 Å². The lowest BCUT2D eigenvalue weighted by Gasteiger charge is -2.18. The number of carbonyl (C=O) groups excluding carboxylic acids is 3. The molecule has 1 atom stereocenters. The molecule has 0 spiro atoms. The van der Waals surface area contributed by atoms with Crippen LogP contribution in [0.3, 0.4) is 0 Å². The number of thiocarbonyl (C=S) groups is 1. The number of ether oxygens (including phenoxy) is 1. The van der Waals surface area contributed by atoms with E-state index in [1.807, 2.05) is 12.1 Å². The largest absolute Gasteiger partial charge is 0.469 e. The third-order valence-electron chi connectivity index (χ3n) is 7.37. The van der Waals surface area contributed by atoms with E-state index in [9.17, 15) is 18.8 Å². The highest BCUT2D eigenvalue weighted by Gasteiger charge is 2.24. The van der Waals surface area contributed by atoms with Crippen LogP contribution in [-0.4, -0.2) is 29.5 Å². The van der Waals surface area contributed by atoms with Gasteiger partial charge in [-0.05, 0) is 59.7 Å². The summed E-state index contributed by atoms with van der Waals surface area (Å²) in [5.74, 6) is -1.88. The molecule has 3 aromatic carbocycles. The molecule has 0 N–H and O–H groups in total. The van der Waals surface area contributed by atoms with Gasteiger partial charge in [-0.15, -0.1) is 0 Å². The molecule has 41 heavy (non-hydrogen) atoms. The Morgan fingerprint density at radius 2 is 1.37 bits per heavy atom. The van der Waals surface area contributed by atoms with Gasteiger partial charge in [0.2, 0.25) is 0 Å². The van der Waals surface area contributed by atoms with Gasteiger partial charge in [0.25, 0.3) is 0 Å². The lowest BCUT2D eigenvalue weighted by Crippen LogP contribution is -2.22. The van der Waals surface area contributed by atoms with E-state index in [1.165, 1.54) is 30.4 Å². The number of Topliss-reactive ketones (excluding diaryl/α,β-unsaturated/α-hetero) is 2. The number of rotatable bonds is 18. The number of benzene rings is 3. The maximum atomic E-state index is 13.8. The maximum absolute atomic E-state index is 13.8. The molecule has 0 bridgehead atoms. The van der Waals surface area contributed by atoms with E-state index in [2.05, 4.69) is 48.5 Å². The van der Waals surface area contributed by atoms with E-state index in [-0.39, 0.29) is 36.4 Å². The molecule has 0 aliphatic heterocycles. The van der Waals surface area contributed by atoms with Crippen molar-refractivity contribution in [3.05, 3.63) is 107 Å². The van der Waals surface area contributed by atoms with Crippen LogP contribution in [0.1, 0.15) is 80.4 Å². The zero-order valence-electron chi connectivity index (χ0n) is 23.7. The number of hydrogen-bond acceptors (Lipinski definition) is 5. The Hall–Kier alpha value is -3.51. The van der Waals surface area contributed by atoms with Gasteiger partial charge in [-0.2, -0.15) is 0 Å². The summed E-state index contributed by atoms with van der Waals surface area (Å²) >= 11 is 5.71. The second-order valence-electron chi connectivity index (χ2n) is 10.5. The third kappa shape index (κ3) is 11.1. The Morgan fingerprint density at radius 3 is 1.98 bits per heavy atom. The van der Waals surface area contributed by atoms with Gasteiger partial charge in [0.1, 0.15) is 17.4 Å². The summed E-state index contributed by atoms with van der Waals surface area (Å²) < 4.78 is 18.7. The van der Waals surface area contributed by atoms with E-state index >= 15 is 0 Å². The molecule has 0 aliphatic rings. The molecular formula is C35H39FO4S. The first-order chi connectivity index (χ1) is 19.9. The fraction of sp³-hybridized carbons (Fsp3) is 0.371. The van der Waals surface area contributed by atoms with Crippen molar-refractivity contribution in [3.8, 4) is 0 Å². The first-order valence-corrected chi connectivity index (χ1v) is 14.7. The second kappa shape index (κ2) is 17.3. The lowest BCUT2D eigenvalue weighted by atomic mass is 9.86. The molecule has 4 nitrogen and oxygen atoms in total. The van der Waals surface area contributed by atoms with Crippen LogP contribution < -0.4 is 0 Å². The van der Waals surface area contributed by atoms with Crippen LogP contribution in [0.4, 0.5) is 4.39 Å². The molecule has 0 aliphatic carbocycles. The van der Waals surface area contributed by atoms with Gasteiger partial charge in [-0.25, -0.2) is 4.39 Å². The van der Waals surface area contributed by atoms with Gasteiger partial charge < -0.3 is 4.74 Å². The molecule has 0 aromatic heterocycles. The van der Waals surface area contributed by atoms with E-state index in [0.29, 0.717) is 12.3 Å². The highest BCUT2D eigenvalue weighted by Crippen LogP contribution is 2.30. The van der Waals surface area contributed by atoms with Crippen LogP contribution in [0.2, 0.25) is 0 Å². The first kappa shape index (κ1) is 32.0. The van der Waals surface area contributed by atoms with Gasteiger partial charge >= 0.3 is 5.97 Å². The van der Waals surface area contributed by atoms with Crippen LogP contribution in [0, 0.1) is 11.7 Å². The van der Waals surface area contributed by atoms with Crippen molar-refractivity contribution in [1.82, 2.24) is 0 Å². The number of hydrogen-bond donors (Lipinski definition) is 0. The molecule has 0 amide bonds. The summed E-state index contributed by atoms with van der Waals surface area (Å²) in [5.41, 5.74) is 2.85. The molecule has 216 valence electrons. The summed E-state index contributed by atoms with van der Waals surface area (Å²) in [4.78, 5) is 38.2. The van der Waals surface area contributed by atoms with Crippen molar-refractivity contribution in [2.24, 2.45) is 5.92 Å². The molecule has 0 heterocycles. The van der Waals surface area contributed by atoms with Crippen LogP contribution in [-0.2, 0) is 25.5 Å². The van der Waals surface area contributed by atoms with Gasteiger partial charge in [-0.1, -0.05) is 104 Å². The number of carbonyl (C=O) groups is 3. The Morgan fingerprint density at radius 1 is 0.756 bits per heavy atom. The zero-order chi connectivity index (χ0) is 29.5. The number of methoxy groups -OCH3 is 1. The molecule has 6 heteroatoms. The monoisotopic (exact) mass is 574 g/mol. The standard InChI is InChI=1S/C35H39FO4S/c1-40-35(39)29(24-31(38)25-30(37)23-28-17-11-12-20-34(28)36)18-9-4-10-19-32(41)21-22-33(26-13-5-2-6-14-26)27-15-7-3-8-16-27/h2-3,5-8,11-17,20,29,33H,4,9-10,18-19,21-25H2,1H3/t29-/m1/s1. The predicted molar refractivity (Wildman–Crippen MR) is 165 cm³/mol. The van der Waals surface area contributed by atoms with Crippen molar-refractivity contribution >= 4 is 34.6 Å². The van der Waals surface area contributed by atoms with Gasteiger partial charge in [0, 0.05) is 18.8 Å². The van der Waals surface area contributed by atoms with E-state index < -0.39 is 17.7 Å². The van der Waals surface area contributed by atoms with Gasteiger partial charge in [-0.3, -0.25) is 14.4 Å². The predicted octanol–water partition coefficient (Wildman–Crippen LogP) is 8.01. The van der Waals surface area contributed by atoms with Crippen LogP contribution >= 0.6 is 12.2 Å². The van der Waals surface area contributed by atoms with Crippen molar-refractivity contribution in [1.29, 1.82) is 0 Å². The molecule has 0 fully saturated rings. The van der Waals surface area contributed by atoms with Crippen LogP contribution in [0.5, 0.6) is 0 Å². The molecule has 3 aromatic rings. The van der Waals surface area contributed by atoms with Gasteiger partial charge in [0.05, 0.1) is 19.4 Å². The lowest BCUT2D eigenvalue weighted by molar-refractivity contribution is -0.147. The van der Waals surface area contributed by atoms with Gasteiger partial charge in [0.15, 0.2) is 0 Å². The summed E-state index contributed by atoms with van der Waals surface area (Å²) in [5, 5.41) is 0. The third-order valence-corrected chi connectivity index (χ3v) is 7.78. The second-order valence-corrected chi connectivity index (χ2v) is 11.1. The van der Waals surface area contributed by atoms with E-state index in [4.69, 9.17) is 17.0 Å². The maximum Gasteiger partial charge on any atom is 0.309 e. The summed E-state index contributed by atoms with van der Waals surface area (Å²) in [6.07, 6.45) is 5.23. The minimum atomic E-state index is -0.585. The highest BCUT2D eigenvalue weighted by atomic mass is 32.1. The number of ketones is 2. The molecule has 0 saturated heterocycles. The Bertz CT molecular complexity index is 1240. The fourth-order valence-electron chi connectivity index (χ4n) is 5.17. The van der Waals surface area contributed by atoms with Crippen molar-refractivity contribution < 1.29 is 23.5 Å². The minimum absolute atomic E-state index is 0.0472. The Kier molecular flexibility index (Phi) is 13.5. The summed E-state index contributed by atoms with van der Waals surface area (Å²) in [7, 11) is 1.31. The molecular weight excluding hydrogens is 535 g/mol. The average Bonchev–Trinajstić information content (AvgIpc) is 2.98. The average molecular weight is 575 g/mol. The molecule has 0 radical (unpaired) electrons. The minimum Gasteiger partial charge on any atom is -0.469 e. The Balaban J connectivity index is 1.40. The van der Waals surface area contributed by atoms with E-state index in [0.717, 1.165) is 43.4 Å². The van der Waals surface area contributed by atoms with Crippen LogP contribution in [0.25, 0.3) is 0 Å². The summed E-state index contributed by atoms with van der Waals surface area (Å²) in [6, 6.07) is 27.1. The van der Waals surface area contributed by atoms with Crippen LogP contribution in [0.15, 0.2) is 84.9 Å². The SMILES string of the molecule is COC(=O)[C@H](CCCCCC(=S)CCC(c1ccccc1)c1ccccc1)CC(=O)CC(=O)Cc1ccccc1F. The number of unbranched alkanes of at least 4 members (excludes halogenated alkanes) is 2. The first-order valence-electron chi connectivity index (χ1n) is 14.3. The smallest absolute Gasteiger partial charge is 0.309 e. The topological polar surface area (TPSA) is 60.4 Å². The molecule has 0 saturated carbocycles. The molecule has 3 rings (SSSR count). The fourth-order valence-corrected chi connectivity index (χ4v) is 5.43. The number of esters is 1. The Labute approximate surface area is 248 Å². The summed E-state index contributed by atoms with van der Waals surface area (Å²) in [6.45, 7) is 0. The number of halogens is 1. The van der Waals surface area contributed by atoms with E-state index in [1.54, 1.807) is 12.1 Å². The highest BCUT2D eigenvalue weighted by molar-refractivity contribution is 7.80. The zero-order valence-corrected chi connectivity index (χ0v) is 24.5.